The molecule has 3 atom stereocenters. The molecule has 0 radical (unpaired) electrons. The monoisotopic (exact) mass is 229 g/mol. The first-order chi connectivity index (χ1) is 6.66. The van der Waals surface area contributed by atoms with Gasteiger partial charge in [0.15, 0.2) is 3.95 Å². The SMILES string of the molecule is CC1CCC(Nc2n[nH]c(=S)s2)C1C. The van der Waals surface area contributed by atoms with E-state index in [2.05, 4.69) is 29.4 Å². The van der Waals surface area contributed by atoms with Gasteiger partial charge in [-0.2, -0.15) is 0 Å². The molecule has 0 spiro atoms. The smallest absolute Gasteiger partial charge is 0.204 e. The molecule has 0 bridgehead atoms. The Bertz CT molecular complexity index is 357. The molecular weight excluding hydrogens is 214 g/mol. The highest BCUT2D eigenvalue weighted by molar-refractivity contribution is 7.73. The molecule has 78 valence electrons. The first-order valence-electron chi connectivity index (χ1n) is 4.99. The van der Waals surface area contributed by atoms with Crippen LogP contribution in [0.15, 0.2) is 0 Å². The lowest BCUT2D eigenvalue weighted by molar-refractivity contribution is 0.435. The minimum absolute atomic E-state index is 0.568. The van der Waals surface area contributed by atoms with Gasteiger partial charge in [0.05, 0.1) is 0 Å². The average molecular weight is 229 g/mol. The molecule has 3 nitrogen and oxygen atoms in total. The van der Waals surface area contributed by atoms with Crippen LogP contribution < -0.4 is 5.32 Å². The van der Waals surface area contributed by atoms with Gasteiger partial charge in [-0.1, -0.05) is 25.2 Å². The van der Waals surface area contributed by atoms with E-state index in [1.54, 1.807) is 0 Å². The molecule has 2 N–H and O–H groups in total. The van der Waals surface area contributed by atoms with Gasteiger partial charge in [-0.15, -0.1) is 5.10 Å². The van der Waals surface area contributed by atoms with Gasteiger partial charge in [-0.25, -0.2) is 0 Å². The van der Waals surface area contributed by atoms with Gasteiger partial charge in [-0.3, -0.25) is 5.10 Å². The van der Waals surface area contributed by atoms with Crippen molar-refractivity contribution in [3.63, 3.8) is 0 Å². The predicted octanol–water partition coefficient (Wildman–Crippen LogP) is 3.05. The van der Waals surface area contributed by atoms with Crippen molar-refractivity contribution < 1.29 is 0 Å². The van der Waals surface area contributed by atoms with E-state index >= 15 is 0 Å². The standard InChI is InChI=1S/C9H15N3S2/c1-5-3-4-7(6(5)2)10-8-11-12-9(13)14-8/h5-7H,3-4H2,1-2H3,(H,10,11)(H,12,13). The molecule has 1 aromatic rings. The maximum Gasteiger partial charge on any atom is 0.204 e. The van der Waals surface area contributed by atoms with E-state index in [4.69, 9.17) is 12.2 Å². The summed E-state index contributed by atoms with van der Waals surface area (Å²) < 4.78 is 0.742. The van der Waals surface area contributed by atoms with Crippen molar-refractivity contribution in [2.75, 3.05) is 5.32 Å². The van der Waals surface area contributed by atoms with Gasteiger partial charge < -0.3 is 5.32 Å². The van der Waals surface area contributed by atoms with Crippen LogP contribution in [-0.2, 0) is 0 Å². The Hall–Kier alpha value is -0.420. The van der Waals surface area contributed by atoms with Crippen LogP contribution in [0.2, 0.25) is 0 Å². The molecule has 1 aromatic heterocycles. The molecular formula is C9H15N3S2. The van der Waals surface area contributed by atoms with Gasteiger partial charge in [0.1, 0.15) is 0 Å². The van der Waals surface area contributed by atoms with Crippen LogP contribution in [0.4, 0.5) is 5.13 Å². The Kier molecular flexibility index (Phi) is 2.88. The minimum atomic E-state index is 0.568. The molecule has 1 aliphatic carbocycles. The van der Waals surface area contributed by atoms with E-state index in [1.807, 2.05) is 0 Å². The molecule has 1 saturated carbocycles. The number of aromatic amines is 1. The third kappa shape index (κ3) is 1.98. The van der Waals surface area contributed by atoms with Crippen molar-refractivity contribution in [3.8, 4) is 0 Å². The topological polar surface area (TPSA) is 40.7 Å². The third-order valence-corrected chi connectivity index (χ3v) is 4.23. The molecule has 0 saturated heterocycles. The second-order valence-corrected chi connectivity index (χ2v) is 5.75. The molecule has 0 aliphatic heterocycles. The summed E-state index contributed by atoms with van der Waals surface area (Å²) in [4.78, 5) is 0. The van der Waals surface area contributed by atoms with E-state index in [0.29, 0.717) is 6.04 Å². The van der Waals surface area contributed by atoms with Crippen LogP contribution in [0.25, 0.3) is 0 Å². The summed E-state index contributed by atoms with van der Waals surface area (Å²) >= 11 is 6.50. The Morgan fingerprint density at radius 3 is 2.79 bits per heavy atom. The van der Waals surface area contributed by atoms with Crippen LogP contribution in [-0.4, -0.2) is 16.2 Å². The van der Waals surface area contributed by atoms with Crippen LogP contribution in [0.3, 0.4) is 0 Å². The second-order valence-electron chi connectivity index (χ2n) is 4.08. The molecule has 3 unspecified atom stereocenters. The summed E-state index contributed by atoms with van der Waals surface area (Å²) in [6.07, 6.45) is 2.56. The number of H-pyrrole nitrogens is 1. The van der Waals surface area contributed by atoms with Crippen molar-refractivity contribution in [1.82, 2.24) is 10.2 Å². The van der Waals surface area contributed by atoms with E-state index < -0.39 is 0 Å². The van der Waals surface area contributed by atoms with Crippen LogP contribution >= 0.6 is 23.6 Å². The normalized spacial score (nSPS) is 32.0. The largest absolute Gasteiger partial charge is 0.357 e. The van der Waals surface area contributed by atoms with Crippen molar-refractivity contribution in [3.05, 3.63) is 3.95 Å². The number of aromatic nitrogens is 2. The average Bonchev–Trinajstić information content (AvgIpc) is 2.67. The molecule has 14 heavy (non-hydrogen) atoms. The zero-order valence-electron chi connectivity index (χ0n) is 8.41. The number of nitrogens with zero attached hydrogens (tertiary/aromatic N) is 1. The molecule has 2 rings (SSSR count). The van der Waals surface area contributed by atoms with E-state index in [0.717, 1.165) is 20.9 Å². The number of anilines is 1. The third-order valence-electron chi connectivity index (χ3n) is 3.21. The highest BCUT2D eigenvalue weighted by atomic mass is 32.1. The van der Waals surface area contributed by atoms with Crippen LogP contribution in [0.5, 0.6) is 0 Å². The van der Waals surface area contributed by atoms with Crippen molar-refractivity contribution in [2.24, 2.45) is 11.8 Å². The summed E-state index contributed by atoms with van der Waals surface area (Å²) in [6.45, 7) is 4.63. The summed E-state index contributed by atoms with van der Waals surface area (Å²) in [5, 5.41) is 11.3. The lowest BCUT2D eigenvalue weighted by Crippen LogP contribution is -2.23. The zero-order chi connectivity index (χ0) is 10.1. The summed E-state index contributed by atoms with van der Waals surface area (Å²) in [5.74, 6) is 1.55. The van der Waals surface area contributed by atoms with Crippen molar-refractivity contribution in [2.45, 2.75) is 32.7 Å². The number of hydrogen-bond acceptors (Lipinski definition) is 4. The maximum absolute atomic E-state index is 4.99. The Morgan fingerprint density at radius 1 is 1.50 bits per heavy atom. The fourth-order valence-corrected chi connectivity index (χ4v) is 2.87. The van der Waals surface area contributed by atoms with Gasteiger partial charge >= 0.3 is 0 Å². The van der Waals surface area contributed by atoms with E-state index in [-0.39, 0.29) is 0 Å². The Labute approximate surface area is 92.9 Å². The summed E-state index contributed by atoms with van der Waals surface area (Å²) in [5.41, 5.74) is 0. The summed E-state index contributed by atoms with van der Waals surface area (Å²) in [6, 6.07) is 0.568. The molecule has 0 amide bonds. The predicted molar refractivity (Wildman–Crippen MR) is 62.3 cm³/mol. The van der Waals surface area contributed by atoms with Crippen molar-refractivity contribution in [1.29, 1.82) is 0 Å². The van der Waals surface area contributed by atoms with Gasteiger partial charge in [0.25, 0.3) is 0 Å². The molecule has 1 aliphatic rings. The Balaban J connectivity index is 2.02. The number of nitrogens with one attached hydrogen (secondary N) is 2. The van der Waals surface area contributed by atoms with E-state index in [1.165, 1.54) is 24.2 Å². The fraction of sp³-hybridized carbons (Fsp3) is 0.778. The Morgan fingerprint density at radius 2 is 2.29 bits per heavy atom. The maximum atomic E-state index is 4.99. The highest BCUT2D eigenvalue weighted by Crippen LogP contribution is 2.33. The molecule has 0 aromatic carbocycles. The number of hydrogen-bond donors (Lipinski definition) is 2. The molecule has 1 fully saturated rings. The first-order valence-corrected chi connectivity index (χ1v) is 6.21. The van der Waals surface area contributed by atoms with Crippen molar-refractivity contribution >= 4 is 28.7 Å². The quantitative estimate of drug-likeness (QED) is 0.766. The van der Waals surface area contributed by atoms with Gasteiger partial charge in [-0.05, 0) is 36.9 Å². The van der Waals surface area contributed by atoms with Gasteiger partial charge in [0.2, 0.25) is 5.13 Å². The number of rotatable bonds is 2. The lowest BCUT2D eigenvalue weighted by atomic mass is 9.98. The highest BCUT2D eigenvalue weighted by Gasteiger charge is 2.29. The zero-order valence-corrected chi connectivity index (χ0v) is 10.0. The summed E-state index contributed by atoms with van der Waals surface area (Å²) in [7, 11) is 0. The van der Waals surface area contributed by atoms with E-state index in [9.17, 15) is 0 Å². The minimum Gasteiger partial charge on any atom is -0.357 e. The fourth-order valence-electron chi connectivity index (χ4n) is 2.02. The first kappa shape index (κ1) is 10.1. The molecule has 1 heterocycles. The van der Waals surface area contributed by atoms with Crippen LogP contribution in [0, 0.1) is 15.8 Å². The second kappa shape index (κ2) is 3.98. The van der Waals surface area contributed by atoms with Crippen LogP contribution in [0.1, 0.15) is 26.7 Å². The molecule has 5 heteroatoms. The lowest BCUT2D eigenvalue weighted by Gasteiger charge is -2.18. The van der Waals surface area contributed by atoms with Gasteiger partial charge in [0, 0.05) is 6.04 Å².